The monoisotopic (exact) mass is 229 g/mol. The van der Waals surface area contributed by atoms with Crippen LogP contribution >= 0.6 is 0 Å². The number of rotatable bonds is 1. The lowest BCUT2D eigenvalue weighted by Gasteiger charge is -2.35. The summed E-state index contributed by atoms with van der Waals surface area (Å²) < 4.78 is 40.2. The van der Waals surface area contributed by atoms with Crippen LogP contribution in [0.5, 0.6) is 0 Å². The molecular weight excluding hydrogens is 215 g/mol. The fraction of sp³-hybridized carbons (Fsp3) is 0.500. The second-order valence-electron chi connectivity index (χ2n) is 4.46. The highest BCUT2D eigenvalue weighted by Gasteiger charge is 2.44. The molecule has 88 valence electrons. The van der Waals surface area contributed by atoms with E-state index in [9.17, 15) is 13.2 Å². The highest BCUT2D eigenvalue weighted by atomic mass is 19.3. The SMILES string of the molecule is C[C@@H]1CN[C@@H](c2ccc(F)cc2)C(F)(F)C1. The van der Waals surface area contributed by atoms with Crippen LogP contribution in [0.2, 0.25) is 0 Å². The van der Waals surface area contributed by atoms with Crippen LogP contribution in [0.15, 0.2) is 24.3 Å². The summed E-state index contributed by atoms with van der Waals surface area (Å²) in [5, 5.41) is 2.82. The van der Waals surface area contributed by atoms with Gasteiger partial charge >= 0.3 is 0 Å². The molecule has 0 unspecified atom stereocenters. The lowest BCUT2D eigenvalue weighted by molar-refractivity contribution is -0.0763. The molecule has 1 aromatic rings. The van der Waals surface area contributed by atoms with E-state index in [-0.39, 0.29) is 12.3 Å². The molecule has 1 N–H and O–H groups in total. The zero-order valence-corrected chi connectivity index (χ0v) is 9.01. The number of nitrogens with one attached hydrogen (secondary N) is 1. The quantitative estimate of drug-likeness (QED) is 0.780. The van der Waals surface area contributed by atoms with Gasteiger partial charge in [-0.1, -0.05) is 19.1 Å². The number of hydrogen-bond acceptors (Lipinski definition) is 1. The maximum atomic E-state index is 13.7. The summed E-state index contributed by atoms with van der Waals surface area (Å²) in [6.45, 7) is 2.36. The Morgan fingerprint density at radius 3 is 2.44 bits per heavy atom. The van der Waals surface area contributed by atoms with Crippen LogP contribution in [0.4, 0.5) is 13.2 Å². The van der Waals surface area contributed by atoms with E-state index in [4.69, 9.17) is 0 Å². The average molecular weight is 229 g/mol. The first-order chi connectivity index (χ1) is 7.49. The third kappa shape index (κ3) is 2.21. The Labute approximate surface area is 92.7 Å². The Kier molecular flexibility index (Phi) is 2.93. The molecule has 0 bridgehead atoms. The Bertz CT molecular complexity index is 361. The third-order valence-corrected chi connectivity index (χ3v) is 2.92. The molecule has 1 nitrogen and oxygen atoms in total. The normalized spacial score (nSPS) is 29.0. The molecule has 2 rings (SSSR count). The summed E-state index contributed by atoms with van der Waals surface area (Å²) in [5.74, 6) is -3.21. The predicted molar refractivity (Wildman–Crippen MR) is 55.9 cm³/mol. The highest BCUT2D eigenvalue weighted by Crippen LogP contribution is 2.39. The molecule has 1 aliphatic rings. The molecule has 0 aliphatic carbocycles. The Morgan fingerprint density at radius 2 is 1.88 bits per heavy atom. The van der Waals surface area contributed by atoms with Gasteiger partial charge in [0.25, 0.3) is 5.92 Å². The predicted octanol–water partition coefficient (Wildman–Crippen LogP) is 3.13. The van der Waals surface area contributed by atoms with Gasteiger partial charge in [-0.05, 0) is 30.2 Å². The van der Waals surface area contributed by atoms with Crippen LogP contribution in [0.25, 0.3) is 0 Å². The summed E-state index contributed by atoms with van der Waals surface area (Å²) in [7, 11) is 0. The summed E-state index contributed by atoms with van der Waals surface area (Å²) in [6, 6.07) is 4.26. The van der Waals surface area contributed by atoms with Crippen LogP contribution in [0.1, 0.15) is 24.9 Å². The number of piperidine rings is 1. The van der Waals surface area contributed by atoms with Crippen LogP contribution in [-0.2, 0) is 0 Å². The molecule has 2 atom stereocenters. The molecule has 1 aliphatic heterocycles. The molecule has 1 heterocycles. The zero-order valence-electron chi connectivity index (χ0n) is 9.01. The smallest absolute Gasteiger partial charge is 0.267 e. The topological polar surface area (TPSA) is 12.0 Å². The molecule has 0 spiro atoms. The van der Waals surface area contributed by atoms with E-state index in [1.807, 2.05) is 0 Å². The van der Waals surface area contributed by atoms with E-state index in [0.717, 1.165) is 0 Å². The van der Waals surface area contributed by atoms with E-state index < -0.39 is 17.8 Å². The number of alkyl halides is 2. The molecular formula is C12H14F3N. The van der Waals surface area contributed by atoms with Gasteiger partial charge in [-0.25, -0.2) is 13.2 Å². The van der Waals surface area contributed by atoms with Crippen molar-refractivity contribution in [1.29, 1.82) is 0 Å². The van der Waals surface area contributed by atoms with Gasteiger partial charge in [0.1, 0.15) is 5.82 Å². The lowest BCUT2D eigenvalue weighted by atomic mass is 9.88. The fourth-order valence-electron chi connectivity index (χ4n) is 2.14. The molecule has 4 heteroatoms. The van der Waals surface area contributed by atoms with Crippen LogP contribution in [-0.4, -0.2) is 12.5 Å². The van der Waals surface area contributed by atoms with E-state index in [0.29, 0.717) is 12.1 Å². The zero-order chi connectivity index (χ0) is 11.8. The van der Waals surface area contributed by atoms with E-state index in [1.165, 1.54) is 24.3 Å². The molecule has 1 fully saturated rings. The maximum Gasteiger partial charge on any atom is 0.267 e. The van der Waals surface area contributed by atoms with Gasteiger partial charge in [0.2, 0.25) is 0 Å². The van der Waals surface area contributed by atoms with Crippen molar-refractivity contribution in [3.63, 3.8) is 0 Å². The molecule has 1 aromatic carbocycles. The number of benzene rings is 1. The Balaban J connectivity index is 2.23. The Hall–Kier alpha value is -1.03. The van der Waals surface area contributed by atoms with Crippen LogP contribution in [0, 0.1) is 11.7 Å². The standard InChI is InChI=1S/C12H14F3N/c1-8-6-12(14,15)11(16-7-8)9-2-4-10(13)5-3-9/h2-5,8,11,16H,6-7H2,1H3/t8-,11-/m0/s1. The van der Waals surface area contributed by atoms with Crippen molar-refractivity contribution < 1.29 is 13.2 Å². The van der Waals surface area contributed by atoms with Gasteiger partial charge in [-0.3, -0.25) is 0 Å². The van der Waals surface area contributed by atoms with Crippen molar-refractivity contribution in [2.45, 2.75) is 25.3 Å². The van der Waals surface area contributed by atoms with Crippen molar-refractivity contribution >= 4 is 0 Å². The molecule has 0 saturated carbocycles. The third-order valence-electron chi connectivity index (χ3n) is 2.92. The van der Waals surface area contributed by atoms with Crippen molar-refractivity contribution in [2.75, 3.05) is 6.54 Å². The van der Waals surface area contributed by atoms with Gasteiger partial charge in [-0.2, -0.15) is 0 Å². The summed E-state index contributed by atoms with van der Waals surface area (Å²) in [6.07, 6.45) is -0.123. The Morgan fingerprint density at radius 1 is 1.25 bits per heavy atom. The number of halogens is 3. The van der Waals surface area contributed by atoms with Gasteiger partial charge < -0.3 is 5.32 Å². The van der Waals surface area contributed by atoms with Gasteiger partial charge in [0.05, 0.1) is 6.04 Å². The first-order valence-electron chi connectivity index (χ1n) is 5.36. The first-order valence-corrected chi connectivity index (χ1v) is 5.36. The lowest BCUT2D eigenvalue weighted by Crippen LogP contribution is -2.46. The molecule has 0 aromatic heterocycles. The van der Waals surface area contributed by atoms with Crippen LogP contribution < -0.4 is 5.32 Å². The van der Waals surface area contributed by atoms with Crippen molar-refractivity contribution in [3.8, 4) is 0 Å². The summed E-state index contributed by atoms with van der Waals surface area (Å²) in [5.41, 5.74) is 0.443. The number of hydrogen-bond donors (Lipinski definition) is 1. The van der Waals surface area contributed by atoms with Gasteiger partial charge in [-0.15, -0.1) is 0 Å². The van der Waals surface area contributed by atoms with Gasteiger partial charge in [0, 0.05) is 6.42 Å². The summed E-state index contributed by atoms with van der Waals surface area (Å²) in [4.78, 5) is 0. The second-order valence-corrected chi connectivity index (χ2v) is 4.46. The minimum absolute atomic E-state index is 0.0355. The molecule has 0 amide bonds. The van der Waals surface area contributed by atoms with Crippen LogP contribution in [0.3, 0.4) is 0 Å². The molecule has 0 radical (unpaired) electrons. The van der Waals surface area contributed by atoms with E-state index in [1.54, 1.807) is 6.92 Å². The van der Waals surface area contributed by atoms with E-state index >= 15 is 0 Å². The van der Waals surface area contributed by atoms with E-state index in [2.05, 4.69) is 5.32 Å². The van der Waals surface area contributed by atoms with Crippen molar-refractivity contribution in [2.24, 2.45) is 5.92 Å². The molecule has 16 heavy (non-hydrogen) atoms. The van der Waals surface area contributed by atoms with Crippen molar-refractivity contribution in [1.82, 2.24) is 5.32 Å². The maximum absolute atomic E-state index is 13.7. The largest absolute Gasteiger partial charge is 0.305 e. The fourth-order valence-corrected chi connectivity index (χ4v) is 2.14. The second kappa shape index (κ2) is 4.09. The average Bonchev–Trinajstić information content (AvgIpc) is 2.18. The highest BCUT2D eigenvalue weighted by molar-refractivity contribution is 5.22. The minimum atomic E-state index is -2.77. The first kappa shape index (κ1) is 11.5. The molecule has 1 saturated heterocycles. The van der Waals surface area contributed by atoms with Gasteiger partial charge in [0.15, 0.2) is 0 Å². The minimum Gasteiger partial charge on any atom is -0.305 e. The van der Waals surface area contributed by atoms with Crippen molar-refractivity contribution in [3.05, 3.63) is 35.6 Å². The summed E-state index contributed by atoms with van der Waals surface area (Å²) >= 11 is 0.